The molecule has 2 aliphatic heterocycles. The number of aliphatic carboxylic acids is 1. The number of carbonyl (C=O) groups is 2. The van der Waals surface area contributed by atoms with Crippen LogP contribution in [0.1, 0.15) is 5.56 Å². The molecule has 2 bridgehead atoms. The molecule has 6 nitrogen and oxygen atoms in total. The van der Waals surface area contributed by atoms with Crippen molar-refractivity contribution < 1.29 is 19.4 Å². The van der Waals surface area contributed by atoms with E-state index >= 15 is 0 Å². The summed E-state index contributed by atoms with van der Waals surface area (Å²) < 4.78 is 5.47. The van der Waals surface area contributed by atoms with Gasteiger partial charge in [-0.1, -0.05) is 12.2 Å². The van der Waals surface area contributed by atoms with E-state index in [4.69, 9.17) is 4.74 Å². The highest BCUT2D eigenvalue weighted by Crippen LogP contribution is 2.39. The lowest BCUT2D eigenvalue weighted by Gasteiger charge is -2.20. The Bertz CT molecular complexity index is 558. The highest BCUT2D eigenvalue weighted by atomic mass is 16.5. The highest BCUT2D eigenvalue weighted by Gasteiger charge is 2.53. The topological polar surface area (TPSA) is 88.5 Å². The van der Waals surface area contributed by atoms with Gasteiger partial charge in [0.25, 0.3) is 0 Å². The fourth-order valence-electron chi connectivity index (χ4n) is 2.72. The number of rotatable bonds is 4. The van der Waals surface area contributed by atoms with Crippen LogP contribution in [0, 0.1) is 11.8 Å². The molecular formula is C14H14N2O4. The first-order valence-electron chi connectivity index (χ1n) is 6.40. The van der Waals surface area contributed by atoms with Crippen LogP contribution in [0.5, 0.6) is 0 Å². The largest absolute Gasteiger partial charge is 0.481 e. The van der Waals surface area contributed by atoms with Crippen LogP contribution < -0.4 is 5.32 Å². The Labute approximate surface area is 115 Å². The van der Waals surface area contributed by atoms with Crippen molar-refractivity contribution in [2.75, 3.05) is 0 Å². The van der Waals surface area contributed by atoms with Gasteiger partial charge in [-0.25, -0.2) is 0 Å². The second-order valence-electron chi connectivity index (χ2n) is 4.91. The Morgan fingerprint density at radius 2 is 1.85 bits per heavy atom. The van der Waals surface area contributed by atoms with Crippen molar-refractivity contribution in [1.29, 1.82) is 0 Å². The number of amides is 1. The molecule has 1 saturated heterocycles. The third-order valence-electron chi connectivity index (χ3n) is 3.70. The number of carbonyl (C=O) groups excluding carboxylic acids is 1. The number of fused-ring (bicyclic) bond motifs is 2. The molecule has 0 unspecified atom stereocenters. The van der Waals surface area contributed by atoms with E-state index in [1.54, 1.807) is 36.7 Å². The van der Waals surface area contributed by atoms with Crippen molar-refractivity contribution in [1.82, 2.24) is 10.3 Å². The molecule has 0 radical (unpaired) electrons. The van der Waals surface area contributed by atoms with E-state index in [2.05, 4.69) is 10.3 Å². The van der Waals surface area contributed by atoms with E-state index in [-0.39, 0.29) is 5.91 Å². The Morgan fingerprint density at radius 3 is 2.50 bits per heavy atom. The highest BCUT2D eigenvalue weighted by molar-refractivity contribution is 5.87. The van der Waals surface area contributed by atoms with Crippen molar-refractivity contribution in [3.63, 3.8) is 0 Å². The van der Waals surface area contributed by atoms with Crippen LogP contribution in [0.2, 0.25) is 0 Å². The molecule has 3 heterocycles. The third-order valence-corrected chi connectivity index (χ3v) is 3.70. The summed E-state index contributed by atoms with van der Waals surface area (Å²) in [6.45, 7) is 0.352. The molecule has 4 atom stereocenters. The summed E-state index contributed by atoms with van der Waals surface area (Å²) in [4.78, 5) is 27.4. The molecule has 2 N–H and O–H groups in total. The predicted octanol–water partition coefficient (Wildman–Crippen LogP) is 0.352. The molecule has 0 aromatic carbocycles. The van der Waals surface area contributed by atoms with Crippen LogP contribution in [0.15, 0.2) is 36.7 Å². The van der Waals surface area contributed by atoms with Gasteiger partial charge in [-0.2, -0.15) is 0 Å². The number of carboxylic acid groups (broad SMARTS) is 1. The zero-order valence-corrected chi connectivity index (χ0v) is 10.6. The number of hydrogen-bond donors (Lipinski definition) is 2. The monoisotopic (exact) mass is 274 g/mol. The molecule has 1 aromatic rings. The molecule has 6 heteroatoms. The second kappa shape index (κ2) is 5.05. The zero-order valence-electron chi connectivity index (χ0n) is 10.6. The quantitative estimate of drug-likeness (QED) is 0.773. The maximum Gasteiger partial charge on any atom is 0.310 e. The van der Waals surface area contributed by atoms with Gasteiger partial charge >= 0.3 is 5.97 Å². The minimum absolute atomic E-state index is 0.286. The molecule has 1 aromatic heterocycles. The fraction of sp³-hybridized carbons (Fsp3) is 0.357. The lowest BCUT2D eigenvalue weighted by molar-refractivity contribution is -0.146. The normalized spacial score (nSPS) is 30.4. The second-order valence-corrected chi connectivity index (χ2v) is 4.91. The Morgan fingerprint density at radius 1 is 1.20 bits per heavy atom. The standard InChI is InChI=1S/C14H14N2O4/c17-13(16-7-8-3-5-15-6-4-8)11-9-1-2-10(20-9)12(11)14(18)19/h1-6,9-12H,7H2,(H,16,17)(H,18,19)/t9-,10+,11-,12+/m1/s1. The maximum absolute atomic E-state index is 12.2. The Kier molecular flexibility index (Phi) is 3.23. The van der Waals surface area contributed by atoms with Gasteiger partial charge in [0.1, 0.15) is 5.92 Å². The van der Waals surface area contributed by atoms with Gasteiger partial charge in [-0.3, -0.25) is 14.6 Å². The van der Waals surface area contributed by atoms with Gasteiger partial charge in [0, 0.05) is 18.9 Å². The minimum Gasteiger partial charge on any atom is -0.481 e. The average molecular weight is 274 g/mol. The summed E-state index contributed by atoms with van der Waals surface area (Å²) in [5, 5.41) is 12.0. The van der Waals surface area contributed by atoms with Crippen LogP contribution >= 0.6 is 0 Å². The number of hydrogen-bond acceptors (Lipinski definition) is 4. The van der Waals surface area contributed by atoms with E-state index in [1.165, 1.54) is 0 Å². The molecule has 20 heavy (non-hydrogen) atoms. The first-order valence-corrected chi connectivity index (χ1v) is 6.40. The zero-order chi connectivity index (χ0) is 14.1. The van der Waals surface area contributed by atoms with Crippen molar-refractivity contribution >= 4 is 11.9 Å². The van der Waals surface area contributed by atoms with Crippen molar-refractivity contribution in [3.8, 4) is 0 Å². The smallest absolute Gasteiger partial charge is 0.310 e. The van der Waals surface area contributed by atoms with Crippen molar-refractivity contribution in [2.45, 2.75) is 18.8 Å². The van der Waals surface area contributed by atoms with Crippen LogP contribution in [0.4, 0.5) is 0 Å². The van der Waals surface area contributed by atoms with Gasteiger partial charge in [-0.15, -0.1) is 0 Å². The molecule has 1 fully saturated rings. The van der Waals surface area contributed by atoms with Gasteiger partial charge in [0.2, 0.25) is 5.91 Å². The van der Waals surface area contributed by atoms with Crippen LogP contribution in [-0.4, -0.2) is 34.2 Å². The summed E-state index contributed by atoms with van der Waals surface area (Å²) in [6.07, 6.45) is 5.85. The molecule has 2 aliphatic rings. The van der Waals surface area contributed by atoms with E-state index in [0.29, 0.717) is 6.54 Å². The van der Waals surface area contributed by atoms with E-state index in [9.17, 15) is 14.7 Å². The Hall–Kier alpha value is -2.21. The fourth-order valence-corrected chi connectivity index (χ4v) is 2.72. The number of aromatic nitrogens is 1. The lowest BCUT2D eigenvalue weighted by atomic mass is 9.82. The van der Waals surface area contributed by atoms with Crippen molar-refractivity contribution in [3.05, 3.63) is 42.2 Å². The third kappa shape index (κ3) is 2.18. The average Bonchev–Trinajstić information content (AvgIpc) is 3.06. The number of pyridine rings is 1. The maximum atomic E-state index is 12.2. The molecule has 104 valence electrons. The first kappa shape index (κ1) is 12.8. The van der Waals surface area contributed by atoms with Gasteiger partial charge in [-0.05, 0) is 17.7 Å². The number of nitrogens with one attached hydrogen (secondary N) is 1. The molecule has 0 aliphatic carbocycles. The van der Waals surface area contributed by atoms with E-state index in [0.717, 1.165) is 5.56 Å². The predicted molar refractivity (Wildman–Crippen MR) is 68.5 cm³/mol. The SMILES string of the molecule is O=C(O)[C@@H]1[C@H](C(=O)NCc2ccncc2)[C@H]2C=C[C@@H]1O2. The first-order chi connectivity index (χ1) is 9.66. The number of ether oxygens (including phenoxy) is 1. The number of nitrogens with zero attached hydrogens (tertiary/aromatic N) is 1. The summed E-state index contributed by atoms with van der Waals surface area (Å²) in [5.74, 6) is -2.75. The molecular weight excluding hydrogens is 260 g/mol. The molecule has 0 saturated carbocycles. The minimum atomic E-state index is -0.995. The van der Waals surface area contributed by atoms with Crippen molar-refractivity contribution in [2.24, 2.45) is 11.8 Å². The summed E-state index contributed by atoms with van der Waals surface area (Å²) in [7, 11) is 0. The molecule has 3 rings (SSSR count). The number of carboxylic acids is 1. The lowest BCUT2D eigenvalue weighted by Crippen LogP contribution is -2.42. The summed E-state index contributed by atoms with van der Waals surface area (Å²) in [5.41, 5.74) is 0.917. The van der Waals surface area contributed by atoms with Gasteiger partial charge < -0.3 is 15.2 Å². The van der Waals surface area contributed by atoms with E-state index < -0.39 is 30.0 Å². The molecule has 1 amide bonds. The van der Waals surface area contributed by atoms with Crippen LogP contribution in [0.25, 0.3) is 0 Å². The summed E-state index contributed by atoms with van der Waals surface area (Å²) in [6, 6.07) is 3.60. The van der Waals surface area contributed by atoms with E-state index in [1.807, 2.05) is 0 Å². The molecule has 0 spiro atoms. The van der Waals surface area contributed by atoms with Gasteiger partial charge in [0.05, 0.1) is 18.1 Å². The Balaban J connectivity index is 1.68. The van der Waals surface area contributed by atoms with Crippen LogP contribution in [-0.2, 0) is 20.9 Å². The summed E-state index contributed by atoms with van der Waals surface area (Å²) >= 11 is 0. The van der Waals surface area contributed by atoms with Gasteiger partial charge in [0.15, 0.2) is 0 Å². The van der Waals surface area contributed by atoms with Crippen LogP contribution in [0.3, 0.4) is 0 Å².